The zero-order valence-electron chi connectivity index (χ0n) is 13.2. The molecular weight excluding hydrogens is 247 g/mol. The summed E-state index contributed by atoms with van der Waals surface area (Å²) < 4.78 is 0. The summed E-state index contributed by atoms with van der Waals surface area (Å²) >= 11 is 0. The van der Waals surface area contributed by atoms with Gasteiger partial charge in [-0.3, -0.25) is 4.79 Å². The second kappa shape index (κ2) is 5.36. The molecule has 20 heavy (non-hydrogen) atoms. The van der Waals surface area contributed by atoms with E-state index in [-0.39, 0.29) is 0 Å². The van der Waals surface area contributed by atoms with Crippen LogP contribution in [-0.2, 0) is 4.79 Å². The lowest BCUT2D eigenvalue weighted by atomic mass is 9.33. The van der Waals surface area contributed by atoms with Gasteiger partial charge in [-0.2, -0.15) is 0 Å². The van der Waals surface area contributed by atoms with Crippen molar-refractivity contribution in [2.75, 3.05) is 7.05 Å². The summed E-state index contributed by atoms with van der Waals surface area (Å²) in [7, 11) is 4.64. The molecule has 1 radical (unpaired) electrons. The molecule has 4 unspecified atom stereocenters. The molecule has 4 fully saturated rings. The molecule has 0 aromatic rings. The van der Waals surface area contributed by atoms with Gasteiger partial charge in [-0.05, 0) is 51.5 Å². The molecule has 3 saturated heterocycles. The SMILES string of the molecule is CNC12[B]C(CC3CC(=O)N(C(C)C)C3CCCC1)C2. The van der Waals surface area contributed by atoms with Crippen molar-refractivity contribution < 1.29 is 4.79 Å². The van der Waals surface area contributed by atoms with E-state index in [2.05, 4.69) is 38.4 Å². The van der Waals surface area contributed by atoms with E-state index < -0.39 is 0 Å². The van der Waals surface area contributed by atoms with Crippen LogP contribution in [0.5, 0.6) is 0 Å². The lowest BCUT2D eigenvalue weighted by molar-refractivity contribution is -0.130. The molecule has 111 valence electrons. The topological polar surface area (TPSA) is 32.3 Å². The summed E-state index contributed by atoms with van der Waals surface area (Å²) in [6.45, 7) is 4.33. The lowest BCUT2D eigenvalue weighted by Crippen LogP contribution is -2.59. The zero-order chi connectivity index (χ0) is 14.3. The number of nitrogens with zero attached hydrogens (tertiary/aromatic N) is 1. The van der Waals surface area contributed by atoms with Crippen molar-refractivity contribution in [1.82, 2.24) is 10.2 Å². The van der Waals surface area contributed by atoms with Crippen LogP contribution in [0.4, 0.5) is 0 Å². The van der Waals surface area contributed by atoms with Gasteiger partial charge in [0.05, 0.1) is 0 Å². The first-order valence-corrected chi connectivity index (χ1v) is 8.41. The molecule has 0 spiro atoms. The van der Waals surface area contributed by atoms with Crippen LogP contribution in [0.1, 0.15) is 58.8 Å². The monoisotopic (exact) mass is 275 g/mol. The Hall–Kier alpha value is -0.505. The summed E-state index contributed by atoms with van der Waals surface area (Å²) in [6.07, 6.45) is 8.33. The summed E-state index contributed by atoms with van der Waals surface area (Å²) in [4.78, 5) is 14.5. The van der Waals surface area contributed by atoms with E-state index in [1.807, 2.05) is 0 Å². The van der Waals surface area contributed by atoms with E-state index in [1.54, 1.807) is 0 Å². The molecule has 4 heteroatoms. The van der Waals surface area contributed by atoms with Gasteiger partial charge in [0.2, 0.25) is 5.91 Å². The molecule has 1 N–H and O–H groups in total. The van der Waals surface area contributed by atoms with Crippen LogP contribution in [0.15, 0.2) is 0 Å². The fraction of sp³-hybridized carbons (Fsp3) is 0.938. The predicted octanol–water partition coefficient (Wildman–Crippen LogP) is 2.39. The Kier molecular flexibility index (Phi) is 3.87. The first-order chi connectivity index (χ1) is 9.54. The lowest BCUT2D eigenvalue weighted by Gasteiger charge is -2.49. The number of amides is 1. The number of rotatable bonds is 2. The van der Waals surface area contributed by atoms with Crippen LogP contribution in [0.25, 0.3) is 0 Å². The number of nitrogens with one attached hydrogen (secondary N) is 1. The van der Waals surface area contributed by atoms with Gasteiger partial charge in [-0.15, -0.1) is 0 Å². The largest absolute Gasteiger partial charge is 0.337 e. The Labute approximate surface area is 124 Å². The molecule has 3 nitrogen and oxygen atoms in total. The molecule has 1 aliphatic carbocycles. The van der Waals surface area contributed by atoms with Crippen LogP contribution in [0.3, 0.4) is 0 Å². The van der Waals surface area contributed by atoms with Crippen LogP contribution in [-0.4, -0.2) is 42.7 Å². The number of carbonyl (C=O) groups excluding carboxylic acids is 1. The van der Waals surface area contributed by atoms with E-state index >= 15 is 0 Å². The fourth-order valence-corrected chi connectivity index (χ4v) is 4.88. The van der Waals surface area contributed by atoms with Crippen molar-refractivity contribution in [2.24, 2.45) is 5.92 Å². The maximum atomic E-state index is 12.3. The number of carbonyl (C=O) groups is 1. The minimum Gasteiger partial charge on any atom is -0.337 e. The van der Waals surface area contributed by atoms with Crippen molar-refractivity contribution in [3.8, 4) is 0 Å². The van der Waals surface area contributed by atoms with Gasteiger partial charge < -0.3 is 10.2 Å². The predicted molar refractivity (Wildman–Crippen MR) is 82.9 cm³/mol. The summed E-state index contributed by atoms with van der Waals surface area (Å²) in [5.74, 6) is 1.72. The van der Waals surface area contributed by atoms with Gasteiger partial charge in [0.1, 0.15) is 7.28 Å². The van der Waals surface area contributed by atoms with Gasteiger partial charge in [-0.25, -0.2) is 0 Å². The summed E-state index contributed by atoms with van der Waals surface area (Å²) in [6, 6.07) is 0.876. The Balaban J connectivity index is 1.73. The Morgan fingerprint density at radius 1 is 1.40 bits per heavy atom. The molecule has 3 heterocycles. The van der Waals surface area contributed by atoms with Crippen molar-refractivity contribution in [2.45, 2.75) is 82.1 Å². The third-order valence-corrected chi connectivity index (χ3v) is 5.84. The molecule has 1 saturated carbocycles. The van der Waals surface area contributed by atoms with E-state index in [9.17, 15) is 4.79 Å². The highest BCUT2D eigenvalue weighted by Gasteiger charge is 2.48. The first-order valence-electron chi connectivity index (χ1n) is 8.41. The number of fused-ring (bicyclic) bond motifs is 3. The van der Waals surface area contributed by atoms with Crippen molar-refractivity contribution in [1.29, 1.82) is 0 Å². The molecule has 1 amide bonds. The molecule has 4 atom stereocenters. The third-order valence-electron chi connectivity index (χ3n) is 5.84. The second-order valence-corrected chi connectivity index (χ2v) is 7.44. The minimum atomic E-state index is 0.317. The molecule has 0 aromatic carbocycles. The maximum absolute atomic E-state index is 12.3. The smallest absolute Gasteiger partial charge is 0.223 e. The second-order valence-electron chi connectivity index (χ2n) is 7.44. The Bertz CT molecular complexity index is 379. The van der Waals surface area contributed by atoms with Gasteiger partial charge in [0.15, 0.2) is 0 Å². The first kappa shape index (κ1) is 14.4. The normalized spacial score (nSPS) is 41.1. The van der Waals surface area contributed by atoms with Crippen molar-refractivity contribution in [3.63, 3.8) is 0 Å². The molecule has 3 aliphatic heterocycles. The van der Waals surface area contributed by atoms with E-state index in [0.717, 1.165) is 12.2 Å². The standard InChI is InChI=1S/C16H28BN2O/c1-11(2)19-14-6-4-5-7-16(18-3)10-13(17-16)8-12(14)9-15(19)20/h11-14,18H,4-10H2,1-3H3. The zero-order valence-corrected chi connectivity index (χ0v) is 13.2. The highest BCUT2D eigenvalue weighted by Crippen LogP contribution is 2.46. The molecule has 2 bridgehead atoms. The number of hydrogen-bond donors (Lipinski definition) is 1. The average Bonchev–Trinajstić information content (AvgIpc) is 2.67. The minimum absolute atomic E-state index is 0.317. The molecular formula is C16H28BN2O. The molecule has 4 rings (SSSR count). The Morgan fingerprint density at radius 2 is 2.15 bits per heavy atom. The highest BCUT2D eigenvalue weighted by atomic mass is 16.2. The third kappa shape index (κ3) is 2.40. The van der Waals surface area contributed by atoms with Crippen molar-refractivity contribution in [3.05, 3.63) is 0 Å². The van der Waals surface area contributed by atoms with E-state index in [0.29, 0.717) is 29.3 Å². The van der Waals surface area contributed by atoms with Crippen molar-refractivity contribution >= 4 is 13.2 Å². The quantitative estimate of drug-likeness (QED) is 0.785. The molecule has 4 aliphatic rings. The van der Waals surface area contributed by atoms with E-state index in [1.165, 1.54) is 38.5 Å². The average molecular weight is 275 g/mol. The van der Waals surface area contributed by atoms with Crippen LogP contribution < -0.4 is 5.32 Å². The van der Waals surface area contributed by atoms with Crippen LogP contribution in [0, 0.1) is 5.92 Å². The Morgan fingerprint density at radius 3 is 2.80 bits per heavy atom. The summed E-state index contributed by atoms with van der Waals surface area (Å²) in [5.41, 5.74) is 0.317. The fourth-order valence-electron chi connectivity index (χ4n) is 4.88. The van der Waals surface area contributed by atoms with Gasteiger partial charge in [-0.1, -0.05) is 25.1 Å². The van der Waals surface area contributed by atoms with Gasteiger partial charge in [0.25, 0.3) is 0 Å². The highest BCUT2D eigenvalue weighted by molar-refractivity contribution is 6.46. The van der Waals surface area contributed by atoms with Gasteiger partial charge >= 0.3 is 0 Å². The number of hydrogen-bond acceptors (Lipinski definition) is 2. The molecule has 0 aromatic heterocycles. The van der Waals surface area contributed by atoms with Crippen LogP contribution in [0.2, 0.25) is 5.82 Å². The number of likely N-dealkylation sites (tertiary alicyclic amines) is 1. The van der Waals surface area contributed by atoms with E-state index in [4.69, 9.17) is 0 Å². The van der Waals surface area contributed by atoms with Gasteiger partial charge in [0, 0.05) is 18.5 Å². The maximum Gasteiger partial charge on any atom is 0.223 e. The summed E-state index contributed by atoms with van der Waals surface area (Å²) in [5, 5.41) is 3.52. The van der Waals surface area contributed by atoms with Crippen LogP contribution >= 0.6 is 0 Å².